The second-order valence-electron chi connectivity index (χ2n) is 5.00. The van der Waals surface area contributed by atoms with Crippen LogP contribution in [-0.4, -0.2) is 13.0 Å². The molecule has 1 atom stereocenters. The molecule has 0 aromatic heterocycles. The smallest absolute Gasteiger partial charge is 0.246 e. The third-order valence-electron chi connectivity index (χ3n) is 3.44. The van der Waals surface area contributed by atoms with Crippen LogP contribution in [0.2, 0.25) is 5.02 Å². The normalized spacial score (nSPS) is 16.7. The van der Waals surface area contributed by atoms with Crippen molar-refractivity contribution >= 4 is 35.0 Å². The number of hydrogen-bond donors (Lipinski definition) is 2. The van der Waals surface area contributed by atoms with E-state index in [1.165, 1.54) is 5.56 Å². The van der Waals surface area contributed by atoms with E-state index in [1.807, 2.05) is 18.2 Å². The maximum absolute atomic E-state index is 11.9. The van der Waals surface area contributed by atoms with E-state index in [-0.39, 0.29) is 11.9 Å². The Labute approximate surface area is 133 Å². The molecule has 5 heteroatoms. The van der Waals surface area contributed by atoms with Crippen LogP contribution >= 0.6 is 23.4 Å². The first kappa shape index (κ1) is 14.4. The molecule has 0 aliphatic carbocycles. The number of amides is 1. The molecular weight excluding hydrogens is 304 g/mol. The fourth-order valence-electron chi connectivity index (χ4n) is 2.43. The zero-order valence-electron chi connectivity index (χ0n) is 11.7. The van der Waals surface area contributed by atoms with Crippen molar-refractivity contribution in [3.63, 3.8) is 0 Å². The number of anilines is 1. The molecule has 0 saturated carbocycles. The SMILES string of the molecule is CNC1C(=O)Nc2cc(Sc3cccc(C)c3)c(Cl)cc21. The molecule has 21 heavy (non-hydrogen) atoms. The second kappa shape index (κ2) is 5.72. The molecule has 1 aliphatic heterocycles. The predicted octanol–water partition coefficient (Wildman–Crippen LogP) is 4.01. The second-order valence-corrected chi connectivity index (χ2v) is 6.52. The van der Waals surface area contributed by atoms with Gasteiger partial charge in [0.25, 0.3) is 0 Å². The summed E-state index contributed by atoms with van der Waals surface area (Å²) in [5, 5.41) is 6.55. The summed E-state index contributed by atoms with van der Waals surface area (Å²) in [5.41, 5.74) is 2.95. The molecular formula is C16H15ClN2OS. The lowest BCUT2D eigenvalue weighted by atomic mass is 10.1. The number of rotatable bonds is 3. The molecule has 0 saturated heterocycles. The highest BCUT2D eigenvalue weighted by Crippen LogP contribution is 2.41. The van der Waals surface area contributed by atoms with E-state index < -0.39 is 0 Å². The predicted molar refractivity (Wildman–Crippen MR) is 87.2 cm³/mol. The number of carbonyl (C=O) groups is 1. The molecule has 1 aliphatic rings. The Morgan fingerprint density at radius 3 is 2.81 bits per heavy atom. The lowest BCUT2D eigenvalue weighted by molar-refractivity contribution is -0.117. The van der Waals surface area contributed by atoms with Gasteiger partial charge in [0.05, 0.1) is 5.02 Å². The molecule has 2 aromatic rings. The van der Waals surface area contributed by atoms with Gasteiger partial charge >= 0.3 is 0 Å². The average Bonchev–Trinajstić information content (AvgIpc) is 2.74. The molecule has 1 heterocycles. The Morgan fingerprint density at radius 1 is 1.29 bits per heavy atom. The van der Waals surface area contributed by atoms with E-state index in [9.17, 15) is 4.79 Å². The first-order chi connectivity index (χ1) is 10.1. The third kappa shape index (κ3) is 2.79. The Morgan fingerprint density at radius 2 is 2.10 bits per heavy atom. The van der Waals surface area contributed by atoms with E-state index in [2.05, 4.69) is 35.8 Å². The highest BCUT2D eigenvalue weighted by atomic mass is 35.5. The van der Waals surface area contributed by atoms with E-state index in [4.69, 9.17) is 11.6 Å². The van der Waals surface area contributed by atoms with Gasteiger partial charge < -0.3 is 10.6 Å². The van der Waals surface area contributed by atoms with Crippen molar-refractivity contribution in [1.82, 2.24) is 5.32 Å². The molecule has 0 spiro atoms. The average molecular weight is 319 g/mol. The van der Waals surface area contributed by atoms with Crippen LogP contribution in [0.25, 0.3) is 0 Å². The van der Waals surface area contributed by atoms with Crippen molar-refractivity contribution in [2.75, 3.05) is 12.4 Å². The lowest BCUT2D eigenvalue weighted by Gasteiger charge is -2.10. The van der Waals surface area contributed by atoms with Crippen molar-refractivity contribution in [2.24, 2.45) is 0 Å². The number of hydrogen-bond acceptors (Lipinski definition) is 3. The van der Waals surface area contributed by atoms with Gasteiger partial charge in [-0.25, -0.2) is 0 Å². The van der Waals surface area contributed by atoms with Gasteiger partial charge in [0.1, 0.15) is 6.04 Å². The number of fused-ring (bicyclic) bond motifs is 1. The Hall–Kier alpha value is -1.49. The monoisotopic (exact) mass is 318 g/mol. The summed E-state index contributed by atoms with van der Waals surface area (Å²) in [5.74, 6) is -0.0405. The summed E-state index contributed by atoms with van der Waals surface area (Å²) in [6.45, 7) is 2.06. The summed E-state index contributed by atoms with van der Waals surface area (Å²) < 4.78 is 0. The summed E-state index contributed by atoms with van der Waals surface area (Å²) in [6.07, 6.45) is 0. The van der Waals surface area contributed by atoms with Crippen molar-refractivity contribution in [2.45, 2.75) is 22.8 Å². The van der Waals surface area contributed by atoms with Gasteiger partial charge in [-0.15, -0.1) is 0 Å². The largest absolute Gasteiger partial charge is 0.324 e. The van der Waals surface area contributed by atoms with Crippen LogP contribution in [0.4, 0.5) is 5.69 Å². The molecule has 0 bridgehead atoms. The fraction of sp³-hybridized carbons (Fsp3) is 0.188. The standard InChI is InChI=1S/C16H15ClN2OS/c1-9-4-3-5-10(6-9)21-14-8-13-11(7-12(14)17)15(18-2)16(20)19-13/h3-8,15,18H,1-2H3,(H,19,20). The molecule has 1 amide bonds. The Balaban J connectivity index is 1.95. The van der Waals surface area contributed by atoms with Gasteiger partial charge in [-0.1, -0.05) is 41.1 Å². The maximum atomic E-state index is 11.9. The first-order valence-electron chi connectivity index (χ1n) is 6.64. The molecule has 1 unspecified atom stereocenters. The van der Waals surface area contributed by atoms with Gasteiger partial charge in [0.15, 0.2) is 0 Å². The van der Waals surface area contributed by atoms with E-state index in [0.29, 0.717) is 5.02 Å². The Bertz CT molecular complexity index is 717. The summed E-state index contributed by atoms with van der Waals surface area (Å²) in [7, 11) is 1.77. The van der Waals surface area contributed by atoms with E-state index in [1.54, 1.807) is 18.8 Å². The quantitative estimate of drug-likeness (QED) is 0.898. The van der Waals surface area contributed by atoms with E-state index >= 15 is 0 Å². The zero-order chi connectivity index (χ0) is 15.0. The molecule has 3 rings (SSSR count). The van der Waals surface area contributed by atoms with Crippen LogP contribution in [0.1, 0.15) is 17.2 Å². The summed E-state index contributed by atoms with van der Waals surface area (Å²) >= 11 is 7.98. The van der Waals surface area contributed by atoms with Crippen LogP contribution in [0.15, 0.2) is 46.2 Å². The minimum atomic E-state index is -0.324. The lowest BCUT2D eigenvalue weighted by Crippen LogP contribution is -2.23. The van der Waals surface area contributed by atoms with Crippen molar-refractivity contribution < 1.29 is 4.79 Å². The minimum absolute atomic E-state index is 0.0405. The molecule has 3 nitrogen and oxygen atoms in total. The van der Waals surface area contributed by atoms with Crippen LogP contribution in [0.3, 0.4) is 0 Å². The Kier molecular flexibility index (Phi) is 3.93. The number of carbonyl (C=O) groups excluding carboxylic acids is 1. The van der Waals surface area contributed by atoms with Crippen LogP contribution in [-0.2, 0) is 4.79 Å². The molecule has 0 radical (unpaired) electrons. The fourth-order valence-corrected chi connectivity index (χ4v) is 3.70. The summed E-state index contributed by atoms with van der Waals surface area (Å²) in [6, 6.07) is 11.7. The highest BCUT2D eigenvalue weighted by molar-refractivity contribution is 7.99. The van der Waals surface area contributed by atoms with Crippen LogP contribution < -0.4 is 10.6 Å². The number of nitrogens with one attached hydrogen (secondary N) is 2. The minimum Gasteiger partial charge on any atom is -0.324 e. The first-order valence-corrected chi connectivity index (χ1v) is 7.84. The molecule has 2 aromatic carbocycles. The number of aryl methyl sites for hydroxylation is 1. The van der Waals surface area contributed by atoms with Gasteiger partial charge in [-0.05, 0) is 38.2 Å². The number of likely N-dealkylation sites (N-methyl/N-ethyl adjacent to an activating group) is 1. The van der Waals surface area contributed by atoms with Crippen molar-refractivity contribution in [1.29, 1.82) is 0 Å². The molecule has 0 fully saturated rings. The maximum Gasteiger partial charge on any atom is 0.246 e. The molecule has 108 valence electrons. The van der Waals surface area contributed by atoms with Crippen LogP contribution in [0.5, 0.6) is 0 Å². The van der Waals surface area contributed by atoms with Gasteiger partial charge in [0.2, 0.25) is 5.91 Å². The third-order valence-corrected chi connectivity index (χ3v) is 4.91. The van der Waals surface area contributed by atoms with Gasteiger partial charge in [-0.2, -0.15) is 0 Å². The molecule has 2 N–H and O–H groups in total. The van der Waals surface area contributed by atoms with E-state index in [0.717, 1.165) is 21.0 Å². The topological polar surface area (TPSA) is 41.1 Å². The van der Waals surface area contributed by atoms with Crippen molar-refractivity contribution in [3.8, 4) is 0 Å². The van der Waals surface area contributed by atoms with Gasteiger partial charge in [0, 0.05) is 21.0 Å². The summed E-state index contributed by atoms with van der Waals surface area (Å²) in [4.78, 5) is 13.9. The number of benzene rings is 2. The van der Waals surface area contributed by atoms with Crippen molar-refractivity contribution in [3.05, 3.63) is 52.5 Å². The highest BCUT2D eigenvalue weighted by Gasteiger charge is 2.30. The van der Waals surface area contributed by atoms with Gasteiger partial charge in [-0.3, -0.25) is 4.79 Å². The zero-order valence-corrected chi connectivity index (χ0v) is 13.3. The number of halogens is 1. The van der Waals surface area contributed by atoms with Crippen LogP contribution in [0, 0.1) is 6.92 Å².